The predicted octanol–water partition coefficient (Wildman–Crippen LogP) is 5.08. The number of ether oxygens (including phenoxy) is 2. The van der Waals surface area contributed by atoms with Crippen LogP contribution in [0.3, 0.4) is 0 Å². The van der Waals surface area contributed by atoms with Gasteiger partial charge in [0.05, 0.1) is 4.92 Å². The number of carbonyl (C=O) groups is 3. The number of nitro groups is 1. The molecule has 2 atom stereocenters. The van der Waals surface area contributed by atoms with Crippen molar-refractivity contribution in [3.05, 3.63) is 123 Å². The molecule has 0 aliphatic carbocycles. The van der Waals surface area contributed by atoms with E-state index in [0.717, 1.165) is 22.9 Å². The zero-order valence-corrected chi connectivity index (χ0v) is 24.0. The molecule has 2 heterocycles. The third-order valence-corrected chi connectivity index (χ3v) is 8.50. The van der Waals surface area contributed by atoms with Gasteiger partial charge in [-0.1, -0.05) is 60.7 Å². The number of rotatable bonds is 10. The number of aliphatic imine (C=N–C) groups is 1. The van der Waals surface area contributed by atoms with Gasteiger partial charge in [-0.25, -0.2) is 13.6 Å². The van der Waals surface area contributed by atoms with E-state index in [2.05, 4.69) is 4.99 Å². The van der Waals surface area contributed by atoms with Crippen LogP contribution in [-0.4, -0.2) is 63.6 Å². The van der Waals surface area contributed by atoms with Gasteiger partial charge < -0.3 is 9.47 Å². The first-order valence-electron chi connectivity index (χ1n) is 13.3. The number of fused-ring (bicyclic) bond motifs is 1. The zero-order valence-electron chi connectivity index (χ0n) is 23.2. The van der Waals surface area contributed by atoms with Crippen molar-refractivity contribution in [2.45, 2.75) is 30.4 Å². The molecule has 44 heavy (non-hydrogen) atoms. The van der Waals surface area contributed by atoms with Crippen LogP contribution >= 0.6 is 11.8 Å². The standard InChI is InChI=1S/C31H25F2N3O7S/c1-19(37)42-17-23-18-44-30-31(28(32)33,34-16-20-12-14-24(15-13-20)36(40)41)29(39)35(30)25(23)27(38)43-26(21-8-4-2-5-9-21)22-10-6-3-7-11-22/h2-16,26,28,30H,17-18H2,1H3/t30-,31+/m1/s1. The van der Waals surface area contributed by atoms with Crippen LogP contribution < -0.4 is 0 Å². The Morgan fingerprint density at radius 2 is 1.66 bits per heavy atom. The third kappa shape index (κ3) is 5.82. The highest BCUT2D eigenvalue weighted by Gasteiger charge is 2.70. The molecule has 0 aromatic heterocycles. The number of halogens is 2. The molecule has 3 aromatic rings. The monoisotopic (exact) mass is 621 g/mol. The largest absolute Gasteiger partial charge is 0.461 e. The van der Waals surface area contributed by atoms with E-state index in [-0.39, 0.29) is 34.9 Å². The molecule has 0 saturated carbocycles. The Labute approximate surface area is 254 Å². The van der Waals surface area contributed by atoms with Crippen LogP contribution in [0.2, 0.25) is 0 Å². The number of amides is 1. The fraction of sp³-hybridized carbons (Fsp3) is 0.226. The van der Waals surface area contributed by atoms with E-state index < -0.39 is 46.2 Å². The van der Waals surface area contributed by atoms with Crippen LogP contribution in [-0.2, 0) is 23.9 Å². The second-order valence-corrected chi connectivity index (χ2v) is 11.0. The van der Waals surface area contributed by atoms with Crippen LogP contribution in [0.15, 0.2) is 101 Å². The maximum Gasteiger partial charge on any atom is 0.356 e. The second-order valence-electron chi connectivity index (χ2n) is 9.91. The normalized spacial score (nSPS) is 19.6. The van der Waals surface area contributed by atoms with Crippen molar-refractivity contribution in [2.24, 2.45) is 4.99 Å². The van der Waals surface area contributed by atoms with Crippen LogP contribution in [0.4, 0.5) is 14.5 Å². The molecule has 10 nitrogen and oxygen atoms in total. The van der Waals surface area contributed by atoms with E-state index in [0.29, 0.717) is 11.1 Å². The Morgan fingerprint density at radius 1 is 1.07 bits per heavy atom. The summed E-state index contributed by atoms with van der Waals surface area (Å²) < 4.78 is 40.5. The summed E-state index contributed by atoms with van der Waals surface area (Å²) in [6.07, 6.45) is -3.08. The number of alkyl halides is 2. The summed E-state index contributed by atoms with van der Waals surface area (Å²) in [7, 11) is 0. The number of hydrogen-bond acceptors (Lipinski definition) is 9. The van der Waals surface area contributed by atoms with Crippen molar-refractivity contribution in [3.63, 3.8) is 0 Å². The van der Waals surface area contributed by atoms with E-state index in [1.165, 1.54) is 31.2 Å². The first-order valence-corrected chi connectivity index (χ1v) is 14.4. The van der Waals surface area contributed by atoms with Crippen molar-refractivity contribution >= 4 is 41.5 Å². The maximum absolute atomic E-state index is 14.7. The predicted molar refractivity (Wildman–Crippen MR) is 157 cm³/mol. The molecule has 1 fully saturated rings. The lowest BCUT2D eigenvalue weighted by molar-refractivity contribution is -0.384. The number of carbonyl (C=O) groups excluding carboxylic acids is 3. The summed E-state index contributed by atoms with van der Waals surface area (Å²) in [4.78, 5) is 54.4. The third-order valence-electron chi connectivity index (χ3n) is 7.10. The Hall–Kier alpha value is -4.91. The fourth-order valence-corrected chi connectivity index (χ4v) is 6.35. The molecule has 1 saturated heterocycles. The average Bonchev–Trinajstić information content (AvgIpc) is 3.03. The molecule has 0 N–H and O–H groups in total. The van der Waals surface area contributed by atoms with E-state index in [4.69, 9.17) is 9.47 Å². The van der Waals surface area contributed by atoms with Gasteiger partial charge in [0.15, 0.2) is 6.10 Å². The van der Waals surface area contributed by atoms with Gasteiger partial charge in [-0.3, -0.25) is 29.6 Å². The highest BCUT2D eigenvalue weighted by atomic mass is 32.2. The smallest absolute Gasteiger partial charge is 0.356 e. The molecule has 13 heteroatoms. The van der Waals surface area contributed by atoms with Crippen molar-refractivity contribution in [1.29, 1.82) is 0 Å². The molecule has 0 spiro atoms. The number of non-ortho nitro benzene ring substituents is 1. The zero-order chi connectivity index (χ0) is 31.4. The van der Waals surface area contributed by atoms with Crippen molar-refractivity contribution in [3.8, 4) is 0 Å². The Bertz CT molecular complexity index is 1600. The summed E-state index contributed by atoms with van der Waals surface area (Å²) >= 11 is 0.951. The Balaban J connectivity index is 1.50. The lowest BCUT2D eigenvalue weighted by atomic mass is 9.87. The van der Waals surface area contributed by atoms with Gasteiger partial charge in [0.1, 0.15) is 17.7 Å². The first kappa shape index (κ1) is 30.5. The average molecular weight is 622 g/mol. The van der Waals surface area contributed by atoms with Crippen molar-refractivity contribution < 1.29 is 37.6 Å². The second kappa shape index (κ2) is 12.8. The molecule has 226 valence electrons. The van der Waals surface area contributed by atoms with Gasteiger partial charge in [0.2, 0.25) is 5.54 Å². The highest BCUT2D eigenvalue weighted by Crippen LogP contribution is 2.51. The SMILES string of the molecule is CC(=O)OCC1=C(C(=O)OC(c2ccccc2)c2ccccc2)N2C(=O)[C@@](N=Cc3ccc([N+](=O)[O-])cc3)(C(F)F)[C@H]2SC1. The molecular formula is C31H25F2N3O7S. The minimum atomic E-state index is -3.24. The van der Waals surface area contributed by atoms with Gasteiger partial charge in [0, 0.05) is 36.6 Å². The Morgan fingerprint density at radius 3 is 2.18 bits per heavy atom. The van der Waals surface area contributed by atoms with Crippen LogP contribution in [0.5, 0.6) is 0 Å². The maximum atomic E-state index is 14.7. The molecule has 0 unspecified atom stereocenters. The van der Waals surface area contributed by atoms with E-state index >= 15 is 0 Å². The molecule has 1 amide bonds. The van der Waals surface area contributed by atoms with Gasteiger partial charge >= 0.3 is 11.9 Å². The number of thioether (sulfide) groups is 1. The molecule has 5 rings (SSSR count). The van der Waals surface area contributed by atoms with Gasteiger partial charge in [-0.15, -0.1) is 11.8 Å². The molecule has 2 aliphatic heterocycles. The minimum absolute atomic E-state index is 0.0188. The van der Waals surface area contributed by atoms with Crippen LogP contribution in [0.1, 0.15) is 29.7 Å². The van der Waals surface area contributed by atoms with Crippen molar-refractivity contribution in [2.75, 3.05) is 12.4 Å². The quantitative estimate of drug-likeness (QED) is 0.101. The van der Waals surface area contributed by atoms with Crippen LogP contribution in [0, 0.1) is 10.1 Å². The first-order chi connectivity index (χ1) is 21.1. The molecule has 0 bridgehead atoms. The van der Waals surface area contributed by atoms with E-state index in [9.17, 15) is 33.3 Å². The Kier molecular flexibility index (Phi) is 8.86. The van der Waals surface area contributed by atoms with E-state index in [1.54, 1.807) is 60.7 Å². The number of nitrogens with zero attached hydrogens (tertiary/aromatic N) is 3. The summed E-state index contributed by atoms with van der Waals surface area (Å²) in [6.45, 7) is 0.833. The van der Waals surface area contributed by atoms with Gasteiger partial charge in [-0.05, 0) is 28.8 Å². The van der Waals surface area contributed by atoms with Gasteiger partial charge in [0.25, 0.3) is 18.0 Å². The lowest BCUT2D eigenvalue weighted by Crippen LogP contribution is -2.75. The molecule has 0 radical (unpaired) electrons. The summed E-state index contributed by atoms with van der Waals surface area (Å²) in [5, 5.41) is 9.67. The van der Waals surface area contributed by atoms with Gasteiger partial charge in [-0.2, -0.15) is 0 Å². The lowest BCUT2D eigenvalue weighted by Gasteiger charge is -2.54. The number of benzene rings is 3. The van der Waals surface area contributed by atoms with Crippen LogP contribution in [0.25, 0.3) is 0 Å². The molecule has 2 aliphatic rings. The van der Waals surface area contributed by atoms with Crippen molar-refractivity contribution in [1.82, 2.24) is 4.90 Å². The number of esters is 2. The number of hydrogen-bond donors (Lipinski definition) is 0. The molecule has 3 aromatic carbocycles. The molecular weight excluding hydrogens is 596 g/mol. The van der Waals surface area contributed by atoms with E-state index in [1.807, 2.05) is 0 Å². The summed E-state index contributed by atoms with van der Waals surface area (Å²) in [6, 6.07) is 22.8. The summed E-state index contributed by atoms with van der Waals surface area (Å²) in [5.74, 6) is -2.74. The minimum Gasteiger partial charge on any atom is -0.461 e. The number of nitro benzene ring substituents is 1. The topological polar surface area (TPSA) is 128 Å². The highest BCUT2D eigenvalue weighted by molar-refractivity contribution is 8.00. The fourth-order valence-electron chi connectivity index (χ4n) is 4.90. The number of β-lactam (4-membered cyclic amide) rings is 1. The summed E-state index contributed by atoms with van der Waals surface area (Å²) in [5.41, 5.74) is -1.23.